The van der Waals surface area contributed by atoms with Gasteiger partial charge in [-0.15, -0.1) is 11.3 Å². The first kappa shape index (κ1) is 23.0. The number of carbonyl (C=O) groups is 2. The first-order valence-corrected chi connectivity index (χ1v) is 13.2. The van der Waals surface area contributed by atoms with Crippen LogP contribution in [0.25, 0.3) is 10.2 Å². The zero-order valence-electron chi connectivity index (χ0n) is 20.2. The summed E-state index contributed by atoms with van der Waals surface area (Å²) in [6, 6.07) is 12.0. The second kappa shape index (κ2) is 9.10. The van der Waals surface area contributed by atoms with Gasteiger partial charge in [0.25, 0.3) is 5.91 Å². The van der Waals surface area contributed by atoms with Gasteiger partial charge >= 0.3 is 0 Å². The molecule has 1 aliphatic carbocycles. The second-order valence-corrected chi connectivity index (χ2v) is 10.8. The maximum atomic E-state index is 13.9. The molecule has 0 bridgehead atoms. The van der Waals surface area contributed by atoms with Crippen LogP contribution >= 0.6 is 11.3 Å². The molecule has 6 nitrogen and oxygen atoms in total. The molecule has 1 N–H and O–H groups in total. The largest absolute Gasteiger partial charge is 0.494 e. The van der Waals surface area contributed by atoms with Crippen molar-refractivity contribution in [2.75, 3.05) is 6.61 Å². The highest BCUT2D eigenvalue weighted by molar-refractivity contribution is 7.17. The topological polar surface area (TPSA) is 63.6 Å². The Morgan fingerprint density at radius 3 is 2.71 bits per heavy atom. The van der Waals surface area contributed by atoms with Gasteiger partial charge in [0.15, 0.2) is 0 Å². The molecule has 0 saturated heterocycles. The third-order valence-corrected chi connectivity index (χ3v) is 8.39. The standard InChI is InChI=1S/C27H33N3O3S/c1-4-33-20-11-9-19(10-12-20)16-30-25(31)23-15-24-22(13-14-34-24)29(23)17-27(30,3)26(32)28-21-8-6-5-7-18(21)2/h9-15,18,21H,4-8,16-17H2,1-3H3,(H,28,32). The van der Waals surface area contributed by atoms with E-state index >= 15 is 0 Å². The van der Waals surface area contributed by atoms with Crippen molar-refractivity contribution in [1.29, 1.82) is 0 Å². The first-order valence-electron chi connectivity index (χ1n) is 12.3. The number of fused-ring (bicyclic) bond motifs is 3. The highest BCUT2D eigenvalue weighted by Crippen LogP contribution is 2.36. The number of ether oxygens (including phenoxy) is 1. The van der Waals surface area contributed by atoms with Crippen molar-refractivity contribution >= 4 is 33.4 Å². The summed E-state index contributed by atoms with van der Waals surface area (Å²) < 4.78 is 8.68. The highest BCUT2D eigenvalue weighted by atomic mass is 32.1. The van der Waals surface area contributed by atoms with Crippen LogP contribution in [0.4, 0.5) is 0 Å². The molecule has 0 spiro atoms. The van der Waals surface area contributed by atoms with Gasteiger partial charge in [-0.2, -0.15) is 0 Å². The van der Waals surface area contributed by atoms with Gasteiger partial charge in [-0.05, 0) is 67.8 Å². The fraction of sp³-hybridized carbons (Fsp3) is 0.481. The first-order chi connectivity index (χ1) is 16.4. The maximum Gasteiger partial charge on any atom is 0.271 e. The fourth-order valence-corrected chi connectivity index (χ4v) is 6.24. The molecule has 3 unspecified atom stereocenters. The molecule has 0 radical (unpaired) electrons. The van der Waals surface area contributed by atoms with Crippen LogP contribution in [0.5, 0.6) is 5.75 Å². The van der Waals surface area contributed by atoms with E-state index < -0.39 is 5.54 Å². The monoisotopic (exact) mass is 479 g/mol. The third kappa shape index (κ3) is 4.00. The van der Waals surface area contributed by atoms with E-state index in [0.29, 0.717) is 31.3 Å². The van der Waals surface area contributed by atoms with E-state index in [1.54, 1.807) is 16.2 Å². The van der Waals surface area contributed by atoms with Gasteiger partial charge < -0.3 is 19.5 Å². The Morgan fingerprint density at radius 2 is 1.97 bits per heavy atom. The molecular weight excluding hydrogens is 446 g/mol. The summed E-state index contributed by atoms with van der Waals surface area (Å²) in [5, 5.41) is 5.38. The van der Waals surface area contributed by atoms with Crippen molar-refractivity contribution in [3.05, 3.63) is 53.0 Å². The minimum absolute atomic E-state index is 0.0618. The molecule has 1 saturated carbocycles. The molecule has 3 heterocycles. The van der Waals surface area contributed by atoms with Gasteiger partial charge in [-0.3, -0.25) is 9.59 Å². The van der Waals surface area contributed by atoms with E-state index in [9.17, 15) is 9.59 Å². The van der Waals surface area contributed by atoms with E-state index in [4.69, 9.17) is 4.74 Å². The molecule has 34 heavy (non-hydrogen) atoms. The summed E-state index contributed by atoms with van der Waals surface area (Å²) in [6.45, 7) is 7.51. The van der Waals surface area contributed by atoms with E-state index in [-0.39, 0.29) is 17.9 Å². The molecule has 3 aromatic rings. The summed E-state index contributed by atoms with van der Waals surface area (Å²) in [6.07, 6.45) is 4.49. The van der Waals surface area contributed by atoms with Crippen molar-refractivity contribution in [2.24, 2.45) is 5.92 Å². The SMILES string of the molecule is CCOc1ccc(CN2C(=O)c3cc4sccc4n3CC2(C)C(=O)NC2CCCCC2C)cc1. The average Bonchev–Trinajstić information content (AvgIpc) is 3.42. The van der Waals surface area contributed by atoms with Crippen LogP contribution in [0.1, 0.15) is 62.5 Å². The Labute approximate surface area is 204 Å². The van der Waals surface area contributed by atoms with Crippen molar-refractivity contribution in [3.8, 4) is 5.75 Å². The third-order valence-electron chi connectivity index (χ3n) is 7.54. The van der Waals surface area contributed by atoms with E-state index in [1.807, 2.05) is 60.2 Å². The minimum Gasteiger partial charge on any atom is -0.494 e. The quantitative estimate of drug-likeness (QED) is 0.528. The lowest BCUT2D eigenvalue weighted by Gasteiger charge is -2.45. The van der Waals surface area contributed by atoms with Gasteiger partial charge in [-0.1, -0.05) is 31.9 Å². The van der Waals surface area contributed by atoms with Gasteiger partial charge in [0.2, 0.25) is 5.91 Å². The number of nitrogens with zero attached hydrogens (tertiary/aromatic N) is 2. The summed E-state index contributed by atoms with van der Waals surface area (Å²) in [5.74, 6) is 1.09. The van der Waals surface area contributed by atoms with Crippen molar-refractivity contribution in [1.82, 2.24) is 14.8 Å². The Balaban J connectivity index is 1.49. The summed E-state index contributed by atoms with van der Waals surface area (Å²) >= 11 is 1.63. The molecule has 1 fully saturated rings. The molecule has 2 aliphatic rings. The number of aromatic nitrogens is 1. The van der Waals surface area contributed by atoms with Crippen LogP contribution in [-0.4, -0.2) is 39.5 Å². The number of benzene rings is 1. The van der Waals surface area contributed by atoms with Crippen molar-refractivity contribution < 1.29 is 14.3 Å². The molecule has 7 heteroatoms. The van der Waals surface area contributed by atoms with Crippen molar-refractivity contribution in [2.45, 2.75) is 71.1 Å². The lowest BCUT2D eigenvalue weighted by atomic mass is 9.85. The summed E-state index contributed by atoms with van der Waals surface area (Å²) in [7, 11) is 0. The maximum absolute atomic E-state index is 13.9. The number of hydrogen-bond acceptors (Lipinski definition) is 4. The second-order valence-electron chi connectivity index (χ2n) is 9.87. The van der Waals surface area contributed by atoms with Gasteiger partial charge in [0, 0.05) is 12.6 Å². The van der Waals surface area contributed by atoms with Gasteiger partial charge in [0.05, 0.1) is 23.4 Å². The molecule has 180 valence electrons. The minimum atomic E-state index is -0.992. The van der Waals surface area contributed by atoms with E-state index in [2.05, 4.69) is 12.2 Å². The predicted octanol–water partition coefficient (Wildman–Crippen LogP) is 5.21. The van der Waals surface area contributed by atoms with Gasteiger partial charge in [0.1, 0.15) is 17.0 Å². The number of carbonyl (C=O) groups excluding carboxylic acids is 2. The Hall–Kier alpha value is -2.80. The summed E-state index contributed by atoms with van der Waals surface area (Å²) in [5.41, 5.74) is 1.67. The number of hydrogen-bond donors (Lipinski definition) is 1. The van der Waals surface area contributed by atoms with Crippen LogP contribution in [0.3, 0.4) is 0 Å². The van der Waals surface area contributed by atoms with Crippen LogP contribution in [-0.2, 0) is 17.9 Å². The zero-order chi connectivity index (χ0) is 23.9. The van der Waals surface area contributed by atoms with Crippen LogP contribution in [0.15, 0.2) is 41.8 Å². The Bertz CT molecular complexity index is 1200. The molecule has 1 aliphatic heterocycles. The fourth-order valence-electron chi connectivity index (χ4n) is 5.42. The lowest BCUT2D eigenvalue weighted by Crippen LogP contribution is -2.65. The van der Waals surface area contributed by atoms with E-state index in [1.165, 1.54) is 6.42 Å². The number of nitrogens with one attached hydrogen (secondary N) is 1. The Kier molecular flexibility index (Phi) is 6.15. The molecule has 1 aromatic carbocycles. The number of thiophene rings is 1. The highest BCUT2D eigenvalue weighted by Gasteiger charge is 2.48. The summed E-state index contributed by atoms with van der Waals surface area (Å²) in [4.78, 5) is 29.5. The smallest absolute Gasteiger partial charge is 0.271 e. The number of amides is 2. The van der Waals surface area contributed by atoms with Crippen LogP contribution in [0.2, 0.25) is 0 Å². The normalized spacial score (nSPS) is 24.8. The molecule has 2 aromatic heterocycles. The van der Waals surface area contributed by atoms with Crippen LogP contribution in [0, 0.1) is 5.92 Å². The van der Waals surface area contributed by atoms with Crippen molar-refractivity contribution in [3.63, 3.8) is 0 Å². The predicted molar refractivity (Wildman–Crippen MR) is 135 cm³/mol. The van der Waals surface area contributed by atoms with E-state index in [0.717, 1.165) is 40.8 Å². The number of rotatable bonds is 6. The average molecular weight is 480 g/mol. The molecule has 3 atom stereocenters. The zero-order valence-corrected chi connectivity index (χ0v) is 21.0. The van der Waals surface area contributed by atoms with Crippen LogP contribution < -0.4 is 10.1 Å². The molecule has 2 amide bonds. The lowest BCUT2D eigenvalue weighted by molar-refractivity contribution is -0.134. The Morgan fingerprint density at radius 1 is 1.21 bits per heavy atom. The van der Waals surface area contributed by atoms with Gasteiger partial charge in [-0.25, -0.2) is 0 Å². The molecule has 5 rings (SSSR count). The molecular formula is C27H33N3O3S.